The molecular weight excluding hydrogens is 210 g/mol. The van der Waals surface area contributed by atoms with Crippen molar-refractivity contribution in [1.29, 1.82) is 0 Å². The molecule has 5 nitrogen and oxygen atoms in total. The molecule has 1 atom stereocenters. The van der Waals surface area contributed by atoms with E-state index in [1.165, 1.54) is 6.07 Å². The summed E-state index contributed by atoms with van der Waals surface area (Å²) in [5.41, 5.74) is -0.0879. The standard InChI is InChI=1S/C11H17NO4/c1-7(2)4-8(3)15-6-9-5-10(11(13)14)12-16-9/h5,7-8H,4,6H2,1-3H3,(H,13,14). The van der Waals surface area contributed by atoms with Crippen LogP contribution in [0.4, 0.5) is 0 Å². The summed E-state index contributed by atoms with van der Waals surface area (Å²) in [6, 6.07) is 1.38. The highest BCUT2D eigenvalue weighted by Crippen LogP contribution is 2.11. The molecule has 0 aliphatic carbocycles. The summed E-state index contributed by atoms with van der Waals surface area (Å²) in [4.78, 5) is 10.5. The Morgan fingerprint density at radius 2 is 2.25 bits per heavy atom. The Morgan fingerprint density at radius 1 is 1.56 bits per heavy atom. The number of aromatic carboxylic acids is 1. The average Bonchev–Trinajstić information content (AvgIpc) is 2.61. The summed E-state index contributed by atoms with van der Waals surface area (Å²) >= 11 is 0. The Kier molecular flexibility index (Phi) is 4.49. The van der Waals surface area contributed by atoms with Gasteiger partial charge in [0, 0.05) is 6.07 Å². The van der Waals surface area contributed by atoms with Gasteiger partial charge >= 0.3 is 5.97 Å². The number of aromatic nitrogens is 1. The zero-order chi connectivity index (χ0) is 12.1. The first kappa shape index (κ1) is 12.7. The molecule has 0 spiro atoms. The van der Waals surface area contributed by atoms with E-state index in [2.05, 4.69) is 19.0 Å². The Bertz CT molecular complexity index is 346. The summed E-state index contributed by atoms with van der Waals surface area (Å²) < 4.78 is 10.3. The second kappa shape index (κ2) is 5.65. The van der Waals surface area contributed by atoms with Crippen molar-refractivity contribution in [2.24, 2.45) is 5.92 Å². The van der Waals surface area contributed by atoms with E-state index in [0.717, 1.165) is 6.42 Å². The van der Waals surface area contributed by atoms with Gasteiger partial charge in [0.05, 0.1) is 6.10 Å². The maximum absolute atomic E-state index is 10.5. The van der Waals surface area contributed by atoms with E-state index in [1.54, 1.807) is 0 Å². The molecule has 0 radical (unpaired) electrons. The van der Waals surface area contributed by atoms with E-state index < -0.39 is 5.97 Å². The van der Waals surface area contributed by atoms with Crippen molar-refractivity contribution in [2.45, 2.75) is 39.9 Å². The fourth-order valence-electron chi connectivity index (χ4n) is 1.44. The molecule has 90 valence electrons. The molecule has 1 rings (SSSR count). The summed E-state index contributed by atoms with van der Waals surface area (Å²) in [5.74, 6) is -0.0856. The number of hydrogen-bond acceptors (Lipinski definition) is 4. The van der Waals surface area contributed by atoms with Crippen molar-refractivity contribution >= 4 is 5.97 Å². The van der Waals surface area contributed by atoms with Crippen LogP contribution in [0.15, 0.2) is 10.6 Å². The van der Waals surface area contributed by atoms with Gasteiger partial charge in [0.15, 0.2) is 11.5 Å². The molecule has 0 aliphatic heterocycles. The van der Waals surface area contributed by atoms with Crippen LogP contribution in [-0.2, 0) is 11.3 Å². The number of rotatable bonds is 6. The lowest BCUT2D eigenvalue weighted by Crippen LogP contribution is -2.10. The van der Waals surface area contributed by atoms with Crippen molar-refractivity contribution in [2.75, 3.05) is 0 Å². The van der Waals surface area contributed by atoms with Gasteiger partial charge < -0.3 is 14.4 Å². The van der Waals surface area contributed by atoms with Crippen LogP contribution in [0.1, 0.15) is 43.4 Å². The quantitative estimate of drug-likeness (QED) is 0.807. The molecule has 0 saturated carbocycles. The maximum atomic E-state index is 10.5. The van der Waals surface area contributed by atoms with Crippen molar-refractivity contribution < 1.29 is 19.2 Å². The minimum Gasteiger partial charge on any atom is -0.476 e. The second-order valence-electron chi connectivity index (χ2n) is 4.23. The van der Waals surface area contributed by atoms with Gasteiger partial charge in [0.25, 0.3) is 0 Å². The van der Waals surface area contributed by atoms with Crippen molar-refractivity contribution in [3.63, 3.8) is 0 Å². The van der Waals surface area contributed by atoms with Gasteiger partial charge in [-0.15, -0.1) is 0 Å². The molecule has 0 aromatic carbocycles. The predicted molar refractivity (Wildman–Crippen MR) is 57.2 cm³/mol. The normalized spacial score (nSPS) is 13.0. The summed E-state index contributed by atoms with van der Waals surface area (Å²) in [6.45, 7) is 6.48. The predicted octanol–water partition coefficient (Wildman–Crippen LogP) is 2.32. The largest absolute Gasteiger partial charge is 0.476 e. The van der Waals surface area contributed by atoms with Crippen molar-refractivity contribution in [3.8, 4) is 0 Å². The third-order valence-corrected chi connectivity index (χ3v) is 2.09. The molecule has 1 unspecified atom stereocenters. The minimum absolute atomic E-state index is 0.0879. The number of carbonyl (C=O) groups is 1. The summed E-state index contributed by atoms with van der Waals surface area (Å²) in [6.07, 6.45) is 1.08. The molecule has 0 fully saturated rings. The number of ether oxygens (including phenoxy) is 1. The molecule has 1 N–H and O–H groups in total. The van der Waals surface area contributed by atoms with Crippen molar-refractivity contribution in [3.05, 3.63) is 17.5 Å². The van der Waals surface area contributed by atoms with E-state index in [4.69, 9.17) is 14.4 Å². The molecule has 0 saturated heterocycles. The smallest absolute Gasteiger partial charge is 0.358 e. The monoisotopic (exact) mass is 227 g/mol. The number of carboxylic acids is 1. The van der Waals surface area contributed by atoms with E-state index in [0.29, 0.717) is 11.7 Å². The zero-order valence-corrected chi connectivity index (χ0v) is 9.77. The van der Waals surface area contributed by atoms with E-state index in [1.807, 2.05) is 6.92 Å². The Balaban J connectivity index is 2.39. The maximum Gasteiger partial charge on any atom is 0.358 e. The fourth-order valence-corrected chi connectivity index (χ4v) is 1.44. The molecule has 0 aliphatic rings. The highest BCUT2D eigenvalue weighted by atomic mass is 16.5. The van der Waals surface area contributed by atoms with E-state index in [-0.39, 0.29) is 18.4 Å². The number of nitrogens with zero attached hydrogens (tertiary/aromatic N) is 1. The van der Waals surface area contributed by atoms with Crippen LogP contribution in [0, 0.1) is 5.92 Å². The van der Waals surface area contributed by atoms with Crippen molar-refractivity contribution in [1.82, 2.24) is 5.16 Å². The molecule has 0 amide bonds. The van der Waals surface area contributed by atoms with Crippen LogP contribution >= 0.6 is 0 Å². The van der Waals surface area contributed by atoms with Gasteiger partial charge in [-0.3, -0.25) is 0 Å². The van der Waals surface area contributed by atoms with E-state index >= 15 is 0 Å². The SMILES string of the molecule is CC(C)CC(C)OCc1cc(C(=O)O)no1. The molecular formula is C11H17NO4. The lowest BCUT2D eigenvalue weighted by molar-refractivity contribution is 0.0277. The van der Waals surface area contributed by atoms with Crippen LogP contribution in [0.25, 0.3) is 0 Å². The van der Waals surface area contributed by atoms with Gasteiger partial charge in [-0.05, 0) is 19.3 Å². The van der Waals surface area contributed by atoms with Gasteiger partial charge in [-0.25, -0.2) is 4.79 Å². The van der Waals surface area contributed by atoms with Crippen LogP contribution in [0.5, 0.6) is 0 Å². The van der Waals surface area contributed by atoms with Gasteiger partial charge in [0.1, 0.15) is 6.61 Å². The first-order valence-corrected chi connectivity index (χ1v) is 5.29. The van der Waals surface area contributed by atoms with Crippen LogP contribution in [0.3, 0.4) is 0 Å². The van der Waals surface area contributed by atoms with Crippen LogP contribution in [-0.4, -0.2) is 22.3 Å². The van der Waals surface area contributed by atoms with Crippen LogP contribution < -0.4 is 0 Å². The highest BCUT2D eigenvalue weighted by molar-refractivity contribution is 5.85. The molecule has 16 heavy (non-hydrogen) atoms. The Hall–Kier alpha value is -1.36. The molecule has 1 aromatic rings. The Labute approximate surface area is 94.4 Å². The lowest BCUT2D eigenvalue weighted by Gasteiger charge is -2.13. The third kappa shape index (κ3) is 4.02. The second-order valence-corrected chi connectivity index (χ2v) is 4.23. The third-order valence-electron chi connectivity index (χ3n) is 2.09. The van der Waals surface area contributed by atoms with E-state index in [9.17, 15) is 4.79 Å². The van der Waals surface area contributed by atoms with Gasteiger partial charge in [0.2, 0.25) is 0 Å². The molecule has 1 aromatic heterocycles. The number of carboxylic acid groups (broad SMARTS) is 1. The average molecular weight is 227 g/mol. The first-order valence-electron chi connectivity index (χ1n) is 5.29. The first-order chi connectivity index (χ1) is 7.49. The Morgan fingerprint density at radius 3 is 2.75 bits per heavy atom. The number of hydrogen-bond donors (Lipinski definition) is 1. The summed E-state index contributed by atoms with van der Waals surface area (Å²) in [5, 5.41) is 12.0. The van der Waals surface area contributed by atoms with Gasteiger partial charge in [-0.1, -0.05) is 19.0 Å². The van der Waals surface area contributed by atoms with Gasteiger partial charge in [-0.2, -0.15) is 0 Å². The molecule has 0 bridgehead atoms. The lowest BCUT2D eigenvalue weighted by atomic mass is 10.1. The van der Waals surface area contributed by atoms with Crippen LogP contribution in [0.2, 0.25) is 0 Å². The highest BCUT2D eigenvalue weighted by Gasteiger charge is 2.12. The summed E-state index contributed by atoms with van der Waals surface area (Å²) in [7, 11) is 0. The fraction of sp³-hybridized carbons (Fsp3) is 0.636. The molecule has 5 heteroatoms. The minimum atomic E-state index is -1.09. The zero-order valence-electron chi connectivity index (χ0n) is 9.77. The topological polar surface area (TPSA) is 72.6 Å². The molecule has 1 heterocycles.